The molecule has 0 amide bonds. The van der Waals surface area contributed by atoms with Gasteiger partial charge >= 0.3 is 0 Å². The number of rotatable bonds is 10. The van der Waals surface area contributed by atoms with Crippen LogP contribution in [0.15, 0.2) is 0 Å². The highest BCUT2D eigenvalue weighted by Crippen LogP contribution is 2.33. The fourth-order valence-electron chi connectivity index (χ4n) is 2.39. The summed E-state index contributed by atoms with van der Waals surface area (Å²) in [6.07, 6.45) is 8.15. The van der Waals surface area contributed by atoms with E-state index in [4.69, 9.17) is 4.74 Å². The van der Waals surface area contributed by atoms with Crippen LogP contribution in [0.4, 0.5) is 0 Å². The average Bonchev–Trinajstić information content (AvgIpc) is 3.08. The molecule has 0 saturated heterocycles. The van der Waals surface area contributed by atoms with Gasteiger partial charge in [-0.1, -0.05) is 40.0 Å². The Labute approximate surface area is 108 Å². The first-order chi connectivity index (χ1) is 8.09. The van der Waals surface area contributed by atoms with Crippen LogP contribution in [-0.2, 0) is 4.74 Å². The summed E-state index contributed by atoms with van der Waals surface area (Å²) in [5.74, 6) is 0.876. The van der Waals surface area contributed by atoms with Crippen molar-refractivity contribution in [3.63, 3.8) is 0 Å². The molecule has 1 rings (SSSR count). The Bertz CT molecular complexity index is 199. The van der Waals surface area contributed by atoms with Gasteiger partial charge in [0, 0.05) is 19.7 Å². The summed E-state index contributed by atoms with van der Waals surface area (Å²) in [5.41, 5.74) is 0.427. The van der Waals surface area contributed by atoms with Gasteiger partial charge in [-0.3, -0.25) is 0 Å². The van der Waals surface area contributed by atoms with Gasteiger partial charge in [-0.05, 0) is 30.6 Å². The van der Waals surface area contributed by atoms with E-state index < -0.39 is 0 Å². The van der Waals surface area contributed by atoms with Crippen molar-refractivity contribution in [2.24, 2.45) is 11.3 Å². The van der Waals surface area contributed by atoms with Gasteiger partial charge in [-0.15, -0.1) is 0 Å². The van der Waals surface area contributed by atoms with Crippen molar-refractivity contribution < 1.29 is 4.74 Å². The van der Waals surface area contributed by atoms with Crippen molar-refractivity contribution in [3.8, 4) is 0 Å². The molecule has 1 fully saturated rings. The number of hydrogen-bond donors (Lipinski definition) is 1. The maximum atomic E-state index is 5.31. The summed E-state index contributed by atoms with van der Waals surface area (Å²) >= 11 is 0. The Morgan fingerprint density at radius 2 is 2.00 bits per heavy atom. The van der Waals surface area contributed by atoms with E-state index in [2.05, 4.69) is 26.1 Å². The minimum Gasteiger partial charge on any atom is -0.383 e. The van der Waals surface area contributed by atoms with Gasteiger partial charge < -0.3 is 10.1 Å². The van der Waals surface area contributed by atoms with Gasteiger partial charge in [0.2, 0.25) is 0 Å². The highest BCUT2D eigenvalue weighted by Gasteiger charge is 2.31. The quantitative estimate of drug-likeness (QED) is 0.590. The minimum absolute atomic E-state index is 0.427. The van der Waals surface area contributed by atoms with Crippen LogP contribution >= 0.6 is 0 Å². The normalized spacial score (nSPS) is 18.4. The Hall–Kier alpha value is -0.0800. The first kappa shape index (κ1) is 15.0. The van der Waals surface area contributed by atoms with E-state index in [1.807, 2.05) is 7.11 Å². The van der Waals surface area contributed by atoms with Crippen LogP contribution < -0.4 is 5.32 Å². The molecule has 0 aromatic rings. The molecule has 0 aromatic carbocycles. The fourth-order valence-corrected chi connectivity index (χ4v) is 2.39. The third kappa shape index (κ3) is 6.42. The topological polar surface area (TPSA) is 21.3 Å². The molecule has 1 aliphatic carbocycles. The fraction of sp³-hybridized carbons (Fsp3) is 1.00. The molecule has 17 heavy (non-hydrogen) atoms. The summed E-state index contributed by atoms with van der Waals surface area (Å²) in [6.45, 7) is 9.03. The summed E-state index contributed by atoms with van der Waals surface area (Å²) in [7, 11) is 1.81. The Morgan fingerprint density at radius 3 is 2.53 bits per heavy atom. The van der Waals surface area contributed by atoms with Gasteiger partial charge in [-0.2, -0.15) is 0 Å². The summed E-state index contributed by atoms with van der Waals surface area (Å²) in [5, 5.41) is 3.72. The maximum absolute atomic E-state index is 5.31. The van der Waals surface area contributed by atoms with Crippen molar-refractivity contribution in [2.75, 3.05) is 20.3 Å². The molecule has 1 aliphatic rings. The second-order valence-corrected chi connectivity index (χ2v) is 6.40. The summed E-state index contributed by atoms with van der Waals surface area (Å²) in [6, 6.07) is 0.588. The second kappa shape index (κ2) is 7.38. The van der Waals surface area contributed by atoms with Crippen molar-refractivity contribution in [2.45, 2.75) is 65.3 Å². The zero-order chi connectivity index (χ0) is 12.7. The molecule has 0 heterocycles. The van der Waals surface area contributed by atoms with E-state index in [1.54, 1.807) is 0 Å². The molecule has 0 bridgehead atoms. The lowest BCUT2D eigenvalue weighted by Gasteiger charge is -2.28. The van der Waals surface area contributed by atoms with Crippen LogP contribution in [0.2, 0.25) is 0 Å². The molecule has 2 nitrogen and oxygen atoms in total. The molecule has 0 aromatic heterocycles. The molecule has 0 aliphatic heterocycles. The number of hydrogen-bond acceptors (Lipinski definition) is 2. The molecule has 102 valence electrons. The highest BCUT2D eigenvalue weighted by molar-refractivity contribution is 4.87. The van der Waals surface area contributed by atoms with Crippen molar-refractivity contribution in [1.29, 1.82) is 0 Å². The molecular weight excluding hydrogens is 210 g/mol. The Balaban J connectivity index is 2.20. The Kier molecular flexibility index (Phi) is 6.50. The third-order valence-electron chi connectivity index (χ3n) is 3.84. The maximum Gasteiger partial charge on any atom is 0.0618 e. The van der Waals surface area contributed by atoms with Gasteiger partial charge in [0.05, 0.1) is 6.61 Å². The van der Waals surface area contributed by atoms with Gasteiger partial charge in [0.25, 0.3) is 0 Å². The highest BCUT2D eigenvalue weighted by atomic mass is 16.5. The van der Waals surface area contributed by atoms with Crippen molar-refractivity contribution in [1.82, 2.24) is 5.32 Å². The zero-order valence-corrected chi connectivity index (χ0v) is 12.2. The van der Waals surface area contributed by atoms with E-state index in [1.165, 1.54) is 38.5 Å². The molecule has 1 unspecified atom stereocenters. The molecular formula is C15H31NO. The minimum atomic E-state index is 0.427. The average molecular weight is 241 g/mol. The molecule has 1 atom stereocenters. The molecule has 1 saturated carbocycles. The number of unbranched alkanes of at least 4 members (excludes halogenated alkanes) is 2. The summed E-state index contributed by atoms with van der Waals surface area (Å²) in [4.78, 5) is 0. The van der Waals surface area contributed by atoms with Crippen molar-refractivity contribution >= 4 is 0 Å². The first-order valence-corrected chi connectivity index (χ1v) is 7.31. The van der Waals surface area contributed by atoms with E-state index in [9.17, 15) is 0 Å². The van der Waals surface area contributed by atoms with Crippen LogP contribution in [0.5, 0.6) is 0 Å². The lowest BCUT2D eigenvalue weighted by Crippen LogP contribution is -2.41. The lowest BCUT2D eigenvalue weighted by molar-refractivity contribution is 0.148. The standard InChI is InChI=1S/C15H31NO/c1-5-6-7-10-15(2,3)12-16-14(11-17-4)13-8-9-13/h13-14,16H,5-12H2,1-4H3. The predicted molar refractivity (Wildman–Crippen MR) is 74.3 cm³/mol. The predicted octanol–water partition coefficient (Wildman–Crippen LogP) is 3.61. The summed E-state index contributed by atoms with van der Waals surface area (Å²) < 4.78 is 5.31. The lowest BCUT2D eigenvalue weighted by atomic mass is 9.86. The number of ether oxygens (including phenoxy) is 1. The van der Waals surface area contributed by atoms with E-state index >= 15 is 0 Å². The van der Waals surface area contributed by atoms with Crippen LogP contribution in [0.3, 0.4) is 0 Å². The second-order valence-electron chi connectivity index (χ2n) is 6.40. The molecule has 0 spiro atoms. The number of methoxy groups -OCH3 is 1. The molecule has 1 N–H and O–H groups in total. The van der Waals surface area contributed by atoms with E-state index in [-0.39, 0.29) is 0 Å². The third-order valence-corrected chi connectivity index (χ3v) is 3.84. The van der Waals surface area contributed by atoms with Gasteiger partial charge in [0.15, 0.2) is 0 Å². The van der Waals surface area contributed by atoms with Crippen LogP contribution in [0, 0.1) is 11.3 Å². The van der Waals surface area contributed by atoms with E-state index in [0.29, 0.717) is 11.5 Å². The molecule has 2 heteroatoms. The largest absolute Gasteiger partial charge is 0.383 e. The van der Waals surface area contributed by atoms with Crippen LogP contribution in [0.25, 0.3) is 0 Å². The smallest absolute Gasteiger partial charge is 0.0618 e. The van der Waals surface area contributed by atoms with Gasteiger partial charge in [-0.25, -0.2) is 0 Å². The van der Waals surface area contributed by atoms with Crippen LogP contribution in [-0.4, -0.2) is 26.3 Å². The first-order valence-electron chi connectivity index (χ1n) is 7.31. The van der Waals surface area contributed by atoms with E-state index in [0.717, 1.165) is 19.1 Å². The monoisotopic (exact) mass is 241 g/mol. The number of nitrogens with one attached hydrogen (secondary N) is 1. The SMILES string of the molecule is CCCCCC(C)(C)CNC(COC)C1CC1. The van der Waals surface area contributed by atoms with Gasteiger partial charge in [0.1, 0.15) is 0 Å². The van der Waals surface area contributed by atoms with Crippen LogP contribution in [0.1, 0.15) is 59.3 Å². The van der Waals surface area contributed by atoms with Crippen molar-refractivity contribution in [3.05, 3.63) is 0 Å². The zero-order valence-electron chi connectivity index (χ0n) is 12.2. The molecule has 0 radical (unpaired) electrons. The Morgan fingerprint density at radius 1 is 1.29 bits per heavy atom.